The second-order valence-electron chi connectivity index (χ2n) is 3.24. The van der Waals surface area contributed by atoms with Gasteiger partial charge in [0.2, 0.25) is 16.4 Å². The summed E-state index contributed by atoms with van der Waals surface area (Å²) in [4.78, 5) is 23.1. The van der Waals surface area contributed by atoms with E-state index in [0.29, 0.717) is 19.4 Å². The molecule has 1 rings (SSSR count). The number of carbonyl (C=O) groups excluding carboxylic acids is 2. The molecule has 0 aliphatic carbocycles. The molecule has 1 saturated heterocycles. The summed E-state index contributed by atoms with van der Waals surface area (Å²) < 4.78 is 23.4. The maximum Gasteiger partial charge on any atom is 0.256 e. The van der Waals surface area contributed by atoms with E-state index < -0.39 is 22.0 Å². The Bertz CT molecular complexity index is 338. The van der Waals surface area contributed by atoms with E-state index in [0.717, 1.165) is 12.7 Å². The number of sulfonamides is 1. The van der Waals surface area contributed by atoms with Gasteiger partial charge in [-0.2, -0.15) is 0 Å². The molecule has 1 heterocycles. The molecule has 80 valence electrons. The van der Waals surface area contributed by atoms with Gasteiger partial charge in [0, 0.05) is 6.54 Å². The molecule has 1 unspecified atom stereocenters. The quantitative estimate of drug-likeness (QED) is 0.598. The van der Waals surface area contributed by atoms with Gasteiger partial charge in [0.25, 0.3) is 5.91 Å². The summed E-state index contributed by atoms with van der Waals surface area (Å²) in [6.45, 7) is 0.505. The third-order valence-corrected chi connectivity index (χ3v) is 2.59. The van der Waals surface area contributed by atoms with E-state index in [1.807, 2.05) is 4.72 Å². The summed E-state index contributed by atoms with van der Waals surface area (Å²) in [5.41, 5.74) is 0. The lowest BCUT2D eigenvalue weighted by Crippen LogP contribution is -2.44. The minimum absolute atomic E-state index is 0.505. The first-order valence-corrected chi connectivity index (χ1v) is 6.06. The zero-order valence-electron chi connectivity index (χ0n) is 7.76. The van der Waals surface area contributed by atoms with Crippen molar-refractivity contribution in [2.24, 2.45) is 0 Å². The molecule has 1 N–H and O–H groups in total. The van der Waals surface area contributed by atoms with Gasteiger partial charge in [0.1, 0.15) is 6.04 Å². The van der Waals surface area contributed by atoms with Crippen LogP contribution in [0.15, 0.2) is 0 Å². The Morgan fingerprint density at radius 1 is 1.57 bits per heavy atom. The van der Waals surface area contributed by atoms with Crippen molar-refractivity contribution in [1.29, 1.82) is 0 Å². The molecule has 0 aromatic rings. The lowest BCUT2D eigenvalue weighted by atomic mass is 10.2. The Kier molecular flexibility index (Phi) is 3.10. The molecule has 0 aromatic heterocycles. The Morgan fingerprint density at radius 2 is 2.21 bits per heavy atom. The molecule has 14 heavy (non-hydrogen) atoms. The van der Waals surface area contributed by atoms with Crippen LogP contribution in [0.25, 0.3) is 0 Å². The van der Waals surface area contributed by atoms with Crippen molar-refractivity contribution in [3.05, 3.63) is 0 Å². The Balaban J connectivity index is 2.65. The van der Waals surface area contributed by atoms with E-state index in [4.69, 9.17) is 0 Å². The molecule has 1 aliphatic heterocycles. The number of nitrogens with zero attached hydrogens (tertiary/aromatic N) is 1. The minimum Gasteiger partial charge on any atom is -0.333 e. The summed E-state index contributed by atoms with van der Waals surface area (Å²) in [6.07, 6.45) is 2.71. The van der Waals surface area contributed by atoms with Crippen molar-refractivity contribution in [1.82, 2.24) is 9.62 Å². The highest BCUT2D eigenvalue weighted by Crippen LogP contribution is 2.14. The molecule has 1 atom stereocenters. The molecular weight excluding hydrogens is 208 g/mol. The Labute approximate surface area is 82.3 Å². The standard InChI is InChI=1S/C7H12N2O4S/c1-14(12,13)8-7(11)6-3-2-4-9(6)5-10/h5-6H,2-4H2,1H3,(H,8,11). The lowest BCUT2D eigenvalue weighted by molar-refractivity contribution is -0.129. The van der Waals surface area contributed by atoms with Crippen LogP contribution in [0.3, 0.4) is 0 Å². The number of amides is 2. The van der Waals surface area contributed by atoms with E-state index in [-0.39, 0.29) is 0 Å². The van der Waals surface area contributed by atoms with Crippen LogP contribution in [0, 0.1) is 0 Å². The fourth-order valence-corrected chi connectivity index (χ4v) is 1.95. The summed E-state index contributed by atoms with van der Waals surface area (Å²) in [5, 5.41) is 0. The van der Waals surface area contributed by atoms with Crippen LogP contribution in [0.5, 0.6) is 0 Å². The minimum atomic E-state index is -3.53. The topological polar surface area (TPSA) is 83.6 Å². The molecule has 0 saturated carbocycles. The summed E-state index contributed by atoms with van der Waals surface area (Å²) >= 11 is 0. The SMILES string of the molecule is CS(=O)(=O)NC(=O)C1CCCN1C=O. The first-order chi connectivity index (χ1) is 6.44. The van der Waals surface area contributed by atoms with Gasteiger partial charge in [-0.25, -0.2) is 8.42 Å². The third-order valence-electron chi connectivity index (χ3n) is 2.02. The highest BCUT2D eigenvalue weighted by molar-refractivity contribution is 7.89. The van der Waals surface area contributed by atoms with Crippen molar-refractivity contribution >= 4 is 22.3 Å². The van der Waals surface area contributed by atoms with E-state index in [1.54, 1.807) is 0 Å². The molecular formula is C7H12N2O4S. The molecule has 0 bridgehead atoms. The number of hydrogen-bond donors (Lipinski definition) is 1. The van der Waals surface area contributed by atoms with Crippen LogP contribution >= 0.6 is 0 Å². The zero-order chi connectivity index (χ0) is 10.8. The highest BCUT2D eigenvalue weighted by atomic mass is 32.2. The molecule has 1 aliphatic rings. The number of rotatable bonds is 3. The highest BCUT2D eigenvalue weighted by Gasteiger charge is 2.30. The third kappa shape index (κ3) is 2.69. The summed E-state index contributed by atoms with van der Waals surface area (Å²) in [6, 6.07) is -0.637. The largest absolute Gasteiger partial charge is 0.333 e. The molecule has 6 nitrogen and oxygen atoms in total. The molecule has 0 aromatic carbocycles. The van der Waals surface area contributed by atoms with Crippen molar-refractivity contribution in [3.8, 4) is 0 Å². The van der Waals surface area contributed by atoms with Gasteiger partial charge in [0.15, 0.2) is 0 Å². The molecule has 0 spiro atoms. The van der Waals surface area contributed by atoms with Gasteiger partial charge in [-0.3, -0.25) is 14.3 Å². The van der Waals surface area contributed by atoms with Gasteiger partial charge in [-0.15, -0.1) is 0 Å². The monoisotopic (exact) mass is 220 g/mol. The Morgan fingerprint density at radius 3 is 2.71 bits per heavy atom. The van der Waals surface area contributed by atoms with Crippen LogP contribution < -0.4 is 4.72 Å². The summed E-state index contributed by atoms with van der Waals surface area (Å²) in [7, 11) is -3.53. The second kappa shape index (κ2) is 3.95. The lowest BCUT2D eigenvalue weighted by Gasteiger charge is -2.18. The predicted molar refractivity (Wildman–Crippen MR) is 48.8 cm³/mol. The van der Waals surface area contributed by atoms with Crippen LogP contribution in [-0.4, -0.2) is 44.5 Å². The van der Waals surface area contributed by atoms with E-state index in [9.17, 15) is 18.0 Å². The van der Waals surface area contributed by atoms with Crippen LogP contribution in [-0.2, 0) is 19.6 Å². The maximum atomic E-state index is 11.3. The van der Waals surface area contributed by atoms with Crippen molar-refractivity contribution in [2.45, 2.75) is 18.9 Å². The average molecular weight is 220 g/mol. The van der Waals surface area contributed by atoms with Gasteiger partial charge in [-0.05, 0) is 12.8 Å². The van der Waals surface area contributed by atoms with E-state index in [1.165, 1.54) is 4.90 Å². The molecule has 2 amide bonds. The van der Waals surface area contributed by atoms with Gasteiger partial charge in [0.05, 0.1) is 6.26 Å². The van der Waals surface area contributed by atoms with Crippen molar-refractivity contribution < 1.29 is 18.0 Å². The number of carbonyl (C=O) groups is 2. The predicted octanol–water partition coefficient (Wildman–Crippen LogP) is -1.32. The average Bonchev–Trinajstić information content (AvgIpc) is 2.47. The van der Waals surface area contributed by atoms with Gasteiger partial charge < -0.3 is 4.90 Å². The fraction of sp³-hybridized carbons (Fsp3) is 0.714. The smallest absolute Gasteiger partial charge is 0.256 e. The Hall–Kier alpha value is -1.11. The molecule has 0 radical (unpaired) electrons. The van der Waals surface area contributed by atoms with Crippen molar-refractivity contribution in [2.75, 3.05) is 12.8 Å². The second-order valence-corrected chi connectivity index (χ2v) is 4.99. The first kappa shape index (κ1) is 11.0. The van der Waals surface area contributed by atoms with E-state index in [2.05, 4.69) is 0 Å². The number of hydrogen-bond acceptors (Lipinski definition) is 4. The van der Waals surface area contributed by atoms with Crippen LogP contribution in [0.2, 0.25) is 0 Å². The van der Waals surface area contributed by atoms with Gasteiger partial charge >= 0.3 is 0 Å². The zero-order valence-corrected chi connectivity index (χ0v) is 8.58. The normalized spacial score (nSPS) is 22.1. The molecule has 7 heteroatoms. The van der Waals surface area contributed by atoms with Crippen LogP contribution in [0.1, 0.15) is 12.8 Å². The summed E-state index contributed by atoms with van der Waals surface area (Å²) in [5.74, 6) is -0.628. The fourth-order valence-electron chi connectivity index (χ4n) is 1.45. The van der Waals surface area contributed by atoms with Gasteiger partial charge in [-0.1, -0.05) is 0 Å². The molecule has 1 fully saturated rings. The maximum absolute atomic E-state index is 11.3. The number of nitrogens with one attached hydrogen (secondary N) is 1. The van der Waals surface area contributed by atoms with Crippen LogP contribution in [0.4, 0.5) is 0 Å². The number of likely N-dealkylation sites (tertiary alicyclic amines) is 1. The first-order valence-electron chi connectivity index (χ1n) is 4.17. The van der Waals surface area contributed by atoms with Crippen molar-refractivity contribution in [3.63, 3.8) is 0 Å². The van der Waals surface area contributed by atoms with E-state index >= 15 is 0 Å².